The molecule has 1 amide bonds. The predicted octanol–water partition coefficient (Wildman–Crippen LogP) is 4.21. The molecule has 4 rings (SSSR count). The number of H-pyrrole nitrogens is 1. The van der Waals surface area contributed by atoms with E-state index in [9.17, 15) is 9.59 Å². The number of amides is 1. The van der Waals surface area contributed by atoms with Gasteiger partial charge in [0.2, 0.25) is 11.5 Å². The number of aromatic nitrogens is 2. The van der Waals surface area contributed by atoms with Crippen LogP contribution in [0.4, 0.5) is 0 Å². The third kappa shape index (κ3) is 3.57. The monoisotopic (exact) mass is 387 g/mol. The van der Waals surface area contributed by atoms with E-state index in [4.69, 9.17) is 4.42 Å². The molecule has 1 atom stereocenters. The molecule has 3 aromatic heterocycles. The number of carbonyl (C=O) groups excluding carboxylic acids is 1. The van der Waals surface area contributed by atoms with Crippen LogP contribution in [0.3, 0.4) is 0 Å². The fourth-order valence-electron chi connectivity index (χ4n) is 3.39. The molecule has 6 nitrogen and oxygen atoms in total. The minimum Gasteiger partial charge on any atom is -0.459 e. The number of pyridine rings is 2. The van der Waals surface area contributed by atoms with Gasteiger partial charge in [-0.05, 0) is 43.7 Å². The Balaban J connectivity index is 1.54. The zero-order chi connectivity index (χ0) is 20.5. The molecule has 0 bridgehead atoms. The summed E-state index contributed by atoms with van der Waals surface area (Å²) in [5.74, 6) is 0.644. The number of benzene rings is 1. The summed E-state index contributed by atoms with van der Waals surface area (Å²) in [6.07, 6.45) is 4.85. The van der Waals surface area contributed by atoms with Gasteiger partial charge in [0.1, 0.15) is 17.0 Å². The number of likely N-dealkylation sites (N-methyl/N-ethyl adjacent to an activating group) is 1. The summed E-state index contributed by atoms with van der Waals surface area (Å²) in [5.41, 5.74) is 2.97. The lowest BCUT2D eigenvalue weighted by atomic mass is 10.1. The lowest BCUT2D eigenvalue weighted by Crippen LogP contribution is -2.28. The number of furan rings is 1. The third-order valence-electron chi connectivity index (χ3n) is 5.20. The minimum absolute atomic E-state index is 0.140. The summed E-state index contributed by atoms with van der Waals surface area (Å²) in [4.78, 5) is 32.6. The number of carbonyl (C=O) groups is 1. The lowest BCUT2D eigenvalue weighted by molar-refractivity contribution is -0.126. The highest BCUT2D eigenvalue weighted by atomic mass is 16.3. The Morgan fingerprint density at radius 1 is 1.24 bits per heavy atom. The molecule has 0 saturated carbocycles. The smallest absolute Gasteiger partial charge is 0.249 e. The number of fused-ring (bicyclic) bond motifs is 2. The van der Waals surface area contributed by atoms with Crippen molar-refractivity contribution in [1.29, 1.82) is 0 Å². The molecule has 1 aromatic carbocycles. The highest BCUT2D eigenvalue weighted by molar-refractivity contribution is 5.92. The van der Waals surface area contributed by atoms with Gasteiger partial charge in [0.25, 0.3) is 0 Å². The van der Waals surface area contributed by atoms with Crippen LogP contribution in [0.25, 0.3) is 28.1 Å². The molecule has 0 aliphatic carbocycles. The normalized spacial score (nSPS) is 12.7. The Morgan fingerprint density at radius 3 is 2.83 bits per heavy atom. The number of para-hydroxylation sites is 1. The van der Waals surface area contributed by atoms with Crippen molar-refractivity contribution in [3.8, 4) is 0 Å². The number of nitrogens with one attached hydrogen (secondary N) is 1. The van der Waals surface area contributed by atoms with Crippen molar-refractivity contribution >= 4 is 34.0 Å². The summed E-state index contributed by atoms with van der Waals surface area (Å²) in [7, 11) is 1.76. The predicted molar refractivity (Wildman–Crippen MR) is 114 cm³/mol. The fourth-order valence-corrected chi connectivity index (χ4v) is 3.39. The van der Waals surface area contributed by atoms with E-state index in [1.54, 1.807) is 30.3 Å². The van der Waals surface area contributed by atoms with E-state index in [0.29, 0.717) is 5.65 Å². The molecule has 0 saturated heterocycles. The number of hydrogen-bond donors (Lipinski definition) is 1. The summed E-state index contributed by atoms with van der Waals surface area (Å²) < 4.78 is 6.00. The maximum Gasteiger partial charge on any atom is 0.249 e. The second kappa shape index (κ2) is 7.39. The Bertz CT molecular complexity index is 1300. The van der Waals surface area contributed by atoms with Crippen LogP contribution >= 0.6 is 0 Å². The van der Waals surface area contributed by atoms with E-state index in [0.717, 1.165) is 33.2 Å². The van der Waals surface area contributed by atoms with Crippen LogP contribution < -0.4 is 5.56 Å². The van der Waals surface area contributed by atoms with E-state index < -0.39 is 0 Å². The van der Waals surface area contributed by atoms with Gasteiger partial charge in [-0.2, -0.15) is 0 Å². The Morgan fingerprint density at radius 2 is 2.03 bits per heavy atom. The summed E-state index contributed by atoms with van der Waals surface area (Å²) in [5, 5.41) is 1.87. The van der Waals surface area contributed by atoms with E-state index in [1.807, 2.05) is 44.2 Å². The number of rotatable bonds is 4. The molecule has 0 aliphatic heterocycles. The highest BCUT2D eigenvalue weighted by Crippen LogP contribution is 2.31. The lowest BCUT2D eigenvalue weighted by Gasteiger charge is -2.22. The molecule has 29 heavy (non-hydrogen) atoms. The van der Waals surface area contributed by atoms with E-state index in [2.05, 4.69) is 9.97 Å². The van der Waals surface area contributed by atoms with Crippen LogP contribution in [-0.4, -0.2) is 27.8 Å². The molecule has 0 radical (unpaired) electrons. The second-order valence-corrected chi connectivity index (χ2v) is 7.07. The summed E-state index contributed by atoms with van der Waals surface area (Å²) in [6, 6.07) is 12.7. The van der Waals surface area contributed by atoms with Gasteiger partial charge in [-0.3, -0.25) is 9.59 Å². The molecule has 6 heteroatoms. The molecule has 0 aliphatic rings. The molecule has 0 fully saturated rings. The first-order chi connectivity index (χ1) is 13.9. The summed E-state index contributed by atoms with van der Waals surface area (Å²) in [6.45, 7) is 3.96. The number of nitrogens with zero attached hydrogens (tertiary/aromatic N) is 2. The van der Waals surface area contributed by atoms with E-state index in [-0.39, 0.29) is 17.5 Å². The third-order valence-corrected chi connectivity index (χ3v) is 5.20. The first-order valence-electron chi connectivity index (χ1n) is 9.36. The molecule has 0 spiro atoms. The van der Waals surface area contributed by atoms with Gasteiger partial charge in [-0.25, -0.2) is 4.98 Å². The Kier molecular flexibility index (Phi) is 4.76. The highest BCUT2D eigenvalue weighted by Gasteiger charge is 2.22. The van der Waals surface area contributed by atoms with Crippen molar-refractivity contribution in [2.24, 2.45) is 0 Å². The van der Waals surface area contributed by atoms with Gasteiger partial charge in [0.05, 0.1) is 6.04 Å². The molecule has 3 heterocycles. The Hall–Kier alpha value is -3.67. The van der Waals surface area contributed by atoms with E-state index >= 15 is 0 Å². The van der Waals surface area contributed by atoms with Gasteiger partial charge in [0.15, 0.2) is 0 Å². The van der Waals surface area contributed by atoms with Crippen molar-refractivity contribution in [3.63, 3.8) is 0 Å². The molecule has 1 N–H and O–H groups in total. The summed E-state index contributed by atoms with van der Waals surface area (Å²) >= 11 is 0. The van der Waals surface area contributed by atoms with Gasteiger partial charge < -0.3 is 14.3 Å². The van der Waals surface area contributed by atoms with Crippen molar-refractivity contribution in [2.75, 3.05) is 7.05 Å². The zero-order valence-corrected chi connectivity index (χ0v) is 16.5. The number of aryl methyl sites for hydroxylation is 1. The maximum absolute atomic E-state index is 12.7. The van der Waals surface area contributed by atoms with E-state index in [1.165, 1.54) is 12.1 Å². The van der Waals surface area contributed by atoms with Gasteiger partial charge in [0, 0.05) is 41.7 Å². The number of aromatic amines is 1. The fraction of sp³-hybridized carbons (Fsp3) is 0.174. The molecule has 4 aromatic rings. The van der Waals surface area contributed by atoms with Gasteiger partial charge >= 0.3 is 0 Å². The molecular formula is C23H21N3O3. The quantitative estimate of drug-likeness (QED) is 0.532. The van der Waals surface area contributed by atoms with Crippen molar-refractivity contribution in [3.05, 3.63) is 82.0 Å². The zero-order valence-electron chi connectivity index (χ0n) is 16.5. The SMILES string of the molecule is Cc1c(C(C)N(C)C(=O)/C=C/c2cnc3[nH]c(=O)ccc3c2)oc2ccccc12. The van der Waals surface area contributed by atoms with Crippen LogP contribution in [0.2, 0.25) is 0 Å². The first kappa shape index (κ1) is 18.7. The van der Waals surface area contributed by atoms with Gasteiger partial charge in [-0.1, -0.05) is 18.2 Å². The van der Waals surface area contributed by atoms with Crippen LogP contribution in [0.5, 0.6) is 0 Å². The standard InChI is InChI=1S/C23H21N3O3/c1-14-18-6-4-5-7-19(18)29-22(14)15(2)26(3)21(28)11-8-16-12-17-9-10-20(27)25-23(17)24-13-16/h4-13,15H,1-3H3,(H,24,25,27)/b11-8+. The average Bonchev–Trinajstić information content (AvgIpc) is 3.07. The maximum atomic E-state index is 12.7. The van der Waals surface area contributed by atoms with Gasteiger partial charge in [-0.15, -0.1) is 0 Å². The topological polar surface area (TPSA) is 79.2 Å². The van der Waals surface area contributed by atoms with Crippen LogP contribution in [0.1, 0.15) is 29.9 Å². The minimum atomic E-state index is -0.209. The van der Waals surface area contributed by atoms with Crippen LogP contribution in [0.15, 0.2) is 63.9 Å². The molecule has 1 unspecified atom stereocenters. The molecular weight excluding hydrogens is 366 g/mol. The van der Waals surface area contributed by atoms with Crippen LogP contribution in [-0.2, 0) is 4.79 Å². The number of hydrogen-bond acceptors (Lipinski definition) is 4. The van der Waals surface area contributed by atoms with Crippen molar-refractivity contribution in [2.45, 2.75) is 19.9 Å². The second-order valence-electron chi connectivity index (χ2n) is 7.07. The van der Waals surface area contributed by atoms with Crippen LogP contribution in [0, 0.1) is 6.92 Å². The van der Waals surface area contributed by atoms with Crippen molar-refractivity contribution < 1.29 is 9.21 Å². The average molecular weight is 387 g/mol. The van der Waals surface area contributed by atoms with Crippen molar-refractivity contribution in [1.82, 2.24) is 14.9 Å². The largest absolute Gasteiger partial charge is 0.459 e. The molecule has 146 valence electrons. The Labute approximate surface area is 167 Å². The first-order valence-corrected chi connectivity index (χ1v) is 9.36.